The lowest BCUT2D eigenvalue weighted by Gasteiger charge is -2.18. The van der Waals surface area contributed by atoms with E-state index in [2.05, 4.69) is 9.71 Å². The second-order valence-corrected chi connectivity index (χ2v) is 11.1. The van der Waals surface area contributed by atoms with E-state index in [1.807, 2.05) is 19.1 Å². The Balaban J connectivity index is 1.67. The van der Waals surface area contributed by atoms with Crippen LogP contribution >= 0.6 is 23.1 Å². The molecule has 34 heavy (non-hydrogen) atoms. The summed E-state index contributed by atoms with van der Waals surface area (Å²) in [4.78, 5) is 31.5. The van der Waals surface area contributed by atoms with Crippen LogP contribution in [0.15, 0.2) is 70.1 Å². The number of nitrogens with zero attached hydrogens (tertiary/aromatic N) is 3. The number of nitriles is 1. The Hall–Kier alpha value is -3.46. The molecule has 0 saturated carbocycles. The SMILES string of the molecule is Cc1ccc(S(=O)(=O)Nc2nc(C)c(C(=O)/C(C#N)=C3\SC(=O)CN3c3ccccc3)s2)cc1. The number of aromatic nitrogens is 1. The fourth-order valence-electron chi connectivity index (χ4n) is 3.25. The molecule has 0 radical (unpaired) electrons. The highest BCUT2D eigenvalue weighted by Crippen LogP contribution is 2.38. The van der Waals surface area contributed by atoms with E-state index in [4.69, 9.17) is 0 Å². The summed E-state index contributed by atoms with van der Waals surface area (Å²) in [5.74, 6) is -0.614. The van der Waals surface area contributed by atoms with Crippen molar-refractivity contribution < 1.29 is 18.0 Å². The zero-order chi connectivity index (χ0) is 24.5. The van der Waals surface area contributed by atoms with Crippen LogP contribution in [0, 0.1) is 25.2 Å². The fraction of sp³-hybridized carbons (Fsp3) is 0.130. The molecule has 1 aromatic heterocycles. The third kappa shape index (κ3) is 4.75. The standard InChI is InChI=1S/C23H18N4O4S3/c1-14-8-10-17(11-9-14)34(30,31)26-23-25-15(2)21(33-23)20(29)18(12-24)22-27(13-19(28)32-22)16-6-4-3-5-7-16/h3-11H,13H2,1-2H3,(H,25,26)/b22-18-. The Morgan fingerprint density at radius 3 is 2.44 bits per heavy atom. The quantitative estimate of drug-likeness (QED) is 0.297. The monoisotopic (exact) mass is 510 g/mol. The third-order valence-corrected chi connectivity index (χ3v) is 8.45. The Kier molecular flexibility index (Phi) is 6.56. The summed E-state index contributed by atoms with van der Waals surface area (Å²) in [6, 6.07) is 17.3. The molecule has 0 spiro atoms. The summed E-state index contributed by atoms with van der Waals surface area (Å²) in [7, 11) is -3.90. The van der Waals surface area contributed by atoms with Crippen molar-refractivity contribution in [3.63, 3.8) is 0 Å². The number of carbonyl (C=O) groups is 2. The fourth-order valence-corrected chi connectivity index (χ4v) is 6.33. The summed E-state index contributed by atoms with van der Waals surface area (Å²) < 4.78 is 27.8. The van der Waals surface area contributed by atoms with Crippen LogP contribution in [0.3, 0.4) is 0 Å². The van der Waals surface area contributed by atoms with E-state index < -0.39 is 15.8 Å². The first-order valence-electron chi connectivity index (χ1n) is 9.99. The van der Waals surface area contributed by atoms with Crippen molar-refractivity contribution >= 4 is 54.8 Å². The summed E-state index contributed by atoms with van der Waals surface area (Å²) in [5.41, 5.74) is 1.69. The molecule has 0 unspecified atom stereocenters. The van der Waals surface area contributed by atoms with E-state index in [9.17, 15) is 23.3 Å². The van der Waals surface area contributed by atoms with Crippen LogP contribution in [0.5, 0.6) is 0 Å². The first kappa shape index (κ1) is 23.7. The largest absolute Gasteiger partial charge is 0.326 e. The minimum atomic E-state index is -3.90. The van der Waals surface area contributed by atoms with E-state index >= 15 is 0 Å². The minimum Gasteiger partial charge on any atom is -0.326 e. The van der Waals surface area contributed by atoms with Gasteiger partial charge in [0.25, 0.3) is 10.0 Å². The smallest absolute Gasteiger partial charge is 0.263 e. The third-order valence-electron chi connectivity index (χ3n) is 4.92. The highest BCUT2D eigenvalue weighted by atomic mass is 32.2. The van der Waals surface area contributed by atoms with Gasteiger partial charge in [0.05, 0.1) is 17.1 Å². The maximum Gasteiger partial charge on any atom is 0.263 e. The molecule has 2 heterocycles. The second kappa shape index (κ2) is 9.42. The van der Waals surface area contributed by atoms with Gasteiger partial charge in [-0.3, -0.25) is 14.3 Å². The second-order valence-electron chi connectivity index (χ2n) is 7.37. The van der Waals surface area contributed by atoms with Crippen molar-refractivity contribution in [2.45, 2.75) is 18.7 Å². The predicted octanol–water partition coefficient (Wildman–Crippen LogP) is 4.26. The lowest BCUT2D eigenvalue weighted by Crippen LogP contribution is -2.20. The van der Waals surface area contributed by atoms with Crippen molar-refractivity contribution in [2.75, 3.05) is 16.2 Å². The van der Waals surface area contributed by atoms with Crippen LogP contribution < -0.4 is 9.62 Å². The number of hydrogen-bond donors (Lipinski definition) is 1. The molecule has 11 heteroatoms. The number of ketones is 1. The van der Waals surface area contributed by atoms with Gasteiger partial charge in [0, 0.05) is 5.69 Å². The molecule has 0 bridgehead atoms. The van der Waals surface area contributed by atoms with Crippen molar-refractivity contribution in [3.05, 3.63) is 81.3 Å². The number of thiazole rings is 1. The number of Topliss-reactive ketones (excluding diaryl/α,β-unsaturated/α-hetero) is 1. The van der Waals surface area contributed by atoms with Gasteiger partial charge in [0.2, 0.25) is 10.9 Å². The number of rotatable bonds is 6. The van der Waals surface area contributed by atoms with Gasteiger partial charge in [-0.2, -0.15) is 5.26 Å². The number of anilines is 2. The number of para-hydroxylation sites is 1. The number of nitrogens with one attached hydrogen (secondary N) is 1. The van der Waals surface area contributed by atoms with Crippen molar-refractivity contribution in [1.82, 2.24) is 4.98 Å². The average molecular weight is 511 g/mol. The first-order valence-corrected chi connectivity index (χ1v) is 13.1. The molecule has 1 aliphatic heterocycles. The molecule has 4 rings (SSSR count). The summed E-state index contributed by atoms with van der Waals surface area (Å²) in [5, 5.41) is 9.89. The molecule has 3 aromatic rings. The molecule has 0 aliphatic carbocycles. The molecule has 1 N–H and O–H groups in total. The molecule has 2 aromatic carbocycles. The molecule has 172 valence electrons. The van der Waals surface area contributed by atoms with Gasteiger partial charge in [0.15, 0.2) is 5.13 Å². The summed E-state index contributed by atoms with van der Waals surface area (Å²) in [6.45, 7) is 3.45. The highest BCUT2D eigenvalue weighted by Gasteiger charge is 2.33. The lowest BCUT2D eigenvalue weighted by atomic mass is 10.1. The van der Waals surface area contributed by atoms with E-state index in [-0.39, 0.29) is 42.9 Å². The number of sulfonamides is 1. The Labute approximate surface area is 205 Å². The molecule has 1 fully saturated rings. The Morgan fingerprint density at radius 2 is 1.79 bits per heavy atom. The molecule has 0 amide bonds. The average Bonchev–Trinajstić information content (AvgIpc) is 3.36. The zero-order valence-electron chi connectivity index (χ0n) is 18.1. The zero-order valence-corrected chi connectivity index (χ0v) is 20.6. The first-order chi connectivity index (χ1) is 16.2. The van der Waals surface area contributed by atoms with Gasteiger partial charge in [-0.15, -0.1) is 0 Å². The van der Waals surface area contributed by atoms with Gasteiger partial charge >= 0.3 is 0 Å². The number of thioether (sulfide) groups is 1. The summed E-state index contributed by atoms with van der Waals surface area (Å²) in [6.07, 6.45) is 0. The van der Waals surface area contributed by atoms with Crippen molar-refractivity contribution in [2.24, 2.45) is 0 Å². The van der Waals surface area contributed by atoms with E-state index in [0.29, 0.717) is 5.69 Å². The van der Waals surface area contributed by atoms with E-state index in [1.165, 1.54) is 12.1 Å². The number of carbonyl (C=O) groups excluding carboxylic acids is 2. The van der Waals surface area contributed by atoms with Crippen LogP contribution in [-0.2, 0) is 14.8 Å². The molecule has 8 nitrogen and oxygen atoms in total. The summed E-state index contributed by atoms with van der Waals surface area (Å²) >= 11 is 1.68. The van der Waals surface area contributed by atoms with Crippen molar-refractivity contribution in [1.29, 1.82) is 5.26 Å². The van der Waals surface area contributed by atoms with Gasteiger partial charge in [-0.1, -0.05) is 47.2 Å². The molecular weight excluding hydrogens is 492 g/mol. The van der Waals surface area contributed by atoms with Crippen LogP contribution in [0.2, 0.25) is 0 Å². The molecular formula is C23H18N4O4S3. The van der Waals surface area contributed by atoms with Gasteiger partial charge in [-0.25, -0.2) is 13.4 Å². The minimum absolute atomic E-state index is 0.0128. The van der Waals surface area contributed by atoms with Gasteiger partial charge < -0.3 is 4.90 Å². The van der Waals surface area contributed by atoms with Crippen molar-refractivity contribution in [3.8, 4) is 6.07 Å². The van der Waals surface area contributed by atoms with Crippen LogP contribution in [0.1, 0.15) is 20.9 Å². The Morgan fingerprint density at radius 1 is 1.12 bits per heavy atom. The number of aryl methyl sites for hydroxylation is 2. The molecule has 1 saturated heterocycles. The lowest BCUT2D eigenvalue weighted by molar-refractivity contribution is -0.109. The van der Waals surface area contributed by atoms with Gasteiger partial charge in [-0.05, 0) is 49.9 Å². The maximum atomic E-state index is 13.3. The van der Waals surface area contributed by atoms with Crippen LogP contribution in [-0.4, -0.2) is 30.8 Å². The Bertz CT molecular complexity index is 1450. The number of benzene rings is 2. The van der Waals surface area contributed by atoms with Crippen LogP contribution in [0.4, 0.5) is 10.8 Å². The normalized spacial score (nSPS) is 15.2. The molecule has 1 aliphatic rings. The molecule has 0 atom stereocenters. The highest BCUT2D eigenvalue weighted by molar-refractivity contribution is 8.17. The predicted molar refractivity (Wildman–Crippen MR) is 132 cm³/mol. The van der Waals surface area contributed by atoms with E-state index in [1.54, 1.807) is 48.2 Å². The van der Waals surface area contributed by atoms with Crippen LogP contribution in [0.25, 0.3) is 0 Å². The number of allylic oxidation sites excluding steroid dienone is 1. The number of hydrogen-bond acceptors (Lipinski definition) is 9. The van der Waals surface area contributed by atoms with E-state index in [0.717, 1.165) is 28.7 Å². The van der Waals surface area contributed by atoms with Gasteiger partial charge in [0.1, 0.15) is 21.5 Å². The topological polar surface area (TPSA) is 120 Å². The maximum absolute atomic E-state index is 13.3.